The molecule has 1 saturated carbocycles. The fraction of sp³-hybridized carbons (Fsp3) is 0.533. The fourth-order valence-corrected chi connectivity index (χ4v) is 2.66. The first-order valence-corrected chi connectivity index (χ1v) is 6.94. The molecule has 116 valence electrons. The van der Waals surface area contributed by atoms with Gasteiger partial charge in [-0.1, -0.05) is 37.8 Å². The van der Waals surface area contributed by atoms with Gasteiger partial charge in [-0.15, -0.1) is 13.2 Å². The zero-order valence-corrected chi connectivity index (χ0v) is 11.4. The number of carbonyl (C=O) groups excluding carboxylic acids is 1. The average molecular weight is 302 g/mol. The largest absolute Gasteiger partial charge is 0.573 e. The fourth-order valence-electron chi connectivity index (χ4n) is 2.66. The highest BCUT2D eigenvalue weighted by Gasteiger charge is 2.39. The van der Waals surface area contributed by atoms with Gasteiger partial charge in [0.25, 0.3) is 0 Å². The number of Topliss-reactive ketones (excluding diaryl/α,β-unsaturated/α-hetero) is 1. The van der Waals surface area contributed by atoms with E-state index in [4.69, 9.17) is 0 Å². The van der Waals surface area contributed by atoms with Crippen molar-refractivity contribution in [1.82, 2.24) is 0 Å². The number of aliphatic hydroxyl groups is 1. The Morgan fingerprint density at radius 1 is 1.10 bits per heavy atom. The van der Waals surface area contributed by atoms with Crippen LogP contribution >= 0.6 is 0 Å². The summed E-state index contributed by atoms with van der Waals surface area (Å²) >= 11 is 0. The van der Waals surface area contributed by atoms with Gasteiger partial charge in [-0.3, -0.25) is 4.79 Å². The summed E-state index contributed by atoms with van der Waals surface area (Å²) in [6.45, 7) is 0. The first-order chi connectivity index (χ1) is 9.82. The third-order valence-electron chi connectivity index (χ3n) is 3.71. The van der Waals surface area contributed by atoms with Crippen LogP contribution in [-0.4, -0.2) is 22.9 Å². The number of carbonyl (C=O) groups is 1. The molecule has 0 radical (unpaired) electrons. The maximum Gasteiger partial charge on any atom is 0.573 e. The molecule has 0 atom stereocenters. The smallest absolute Gasteiger partial charge is 0.405 e. The van der Waals surface area contributed by atoms with Crippen molar-refractivity contribution in [2.24, 2.45) is 0 Å². The Morgan fingerprint density at radius 3 is 2.24 bits per heavy atom. The summed E-state index contributed by atoms with van der Waals surface area (Å²) in [5, 5.41) is 10.5. The van der Waals surface area contributed by atoms with Crippen molar-refractivity contribution in [2.45, 2.75) is 50.5 Å². The van der Waals surface area contributed by atoms with Gasteiger partial charge in [0.1, 0.15) is 11.4 Å². The van der Waals surface area contributed by atoms with Gasteiger partial charge in [0.05, 0.1) is 5.56 Å². The van der Waals surface area contributed by atoms with E-state index >= 15 is 0 Å². The summed E-state index contributed by atoms with van der Waals surface area (Å²) in [5.41, 5.74) is -1.82. The lowest BCUT2D eigenvalue weighted by Gasteiger charge is -2.26. The predicted molar refractivity (Wildman–Crippen MR) is 70.1 cm³/mol. The van der Waals surface area contributed by atoms with Crippen LogP contribution < -0.4 is 4.74 Å². The van der Waals surface area contributed by atoms with E-state index in [1.54, 1.807) is 0 Å². The molecule has 0 spiro atoms. The van der Waals surface area contributed by atoms with Crippen LogP contribution in [0, 0.1) is 0 Å². The molecule has 0 unspecified atom stereocenters. The molecule has 1 aliphatic rings. The zero-order chi connectivity index (χ0) is 15.5. The van der Waals surface area contributed by atoms with Crippen LogP contribution in [-0.2, 0) is 0 Å². The van der Waals surface area contributed by atoms with Crippen LogP contribution in [0.25, 0.3) is 0 Å². The molecular formula is C15H17F3O3. The molecule has 0 heterocycles. The van der Waals surface area contributed by atoms with Gasteiger partial charge < -0.3 is 9.84 Å². The van der Waals surface area contributed by atoms with Gasteiger partial charge in [0, 0.05) is 0 Å². The Balaban J connectivity index is 2.30. The van der Waals surface area contributed by atoms with Crippen molar-refractivity contribution >= 4 is 5.78 Å². The summed E-state index contributed by atoms with van der Waals surface area (Å²) in [6.07, 6.45) is -1.14. The van der Waals surface area contributed by atoms with Crippen LogP contribution in [0.4, 0.5) is 13.2 Å². The van der Waals surface area contributed by atoms with Crippen molar-refractivity contribution in [2.75, 3.05) is 0 Å². The highest BCUT2D eigenvalue weighted by molar-refractivity contribution is 6.04. The zero-order valence-electron chi connectivity index (χ0n) is 11.4. The Labute approximate surface area is 120 Å². The molecule has 0 amide bonds. The number of ketones is 1. The molecule has 0 saturated heterocycles. The van der Waals surface area contributed by atoms with E-state index in [0.717, 1.165) is 18.9 Å². The predicted octanol–water partition coefficient (Wildman–Crippen LogP) is 3.85. The number of ether oxygens (including phenoxy) is 1. The number of halogens is 3. The molecular weight excluding hydrogens is 285 g/mol. The Kier molecular flexibility index (Phi) is 4.56. The topological polar surface area (TPSA) is 46.5 Å². The summed E-state index contributed by atoms with van der Waals surface area (Å²) in [6, 6.07) is 5.15. The van der Waals surface area contributed by atoms with E-state index in [1.165, 1.54) is 18.2 Å². The lowest BCUT2D eigenvalue weighted by Crippen LogP contribution is -2.38. The number of hydrogen-bond acceptors (Lipinski definition) is 3. The summed E-state index contributed by atoms with van der Waals surface area (Å²) < 4.78 is 41.1. The molecule has 0 aromatic heterocycles. The number of rotatable bonds is 3. The quantitative estimate of drug-likeness (QED) is 0.681. The summed E-state index contributed by atoms with van der Waals surface area (Å²) in [5.74, 6) is -1.25. The number of hydrogen-bond donors (Lipinski definition) is 1. The standard InChI is InChI=1S/C15H17F3O3/c16-15(17,18)21-12-8-4-3-7-11(12)13(19)14(20)9-5-1-2-6-10-14/h3-4,7-8,20H,1-2,5-6,9-10H2. The molecule has 3 nitrogen and oxygen atoms in total. The Bertz CT molecular complexity index is 503. The lowest BCUT2D eigenvalue weighted by molar-refractivity contribution is -0.274. The van der Waals surface area contributed by atoms with Crippen molar-refractivity contribution in [3.05, 3.63) is 29.8 Å². The maximum atomic E-state index is 12.5. The van der Waals surface area contributed by atoms with Crippen molar-refractivity contribution in [3.8, 4) is 5.75 Å². The highest BCUT2D eigenvalue weighted by Crippen LogP contribution is 2.34. The van der Waals surface area contributed by atoms with Gasteiger partial charge in [-0.05, 0) is 25.0 Å². The van der Waals surface area contributed by atoms with E-state index in [2.05, 4.69) is 4.74 Å². The third kappa shape index (κ3) is 3.97. The van der Waals surface area contributed by atoms with Crippen molar-refractivity contribution < 1.29 is 27.8 Å². The molecule has 1 aliphatic carbocycles. The highest BCUT2D eigenvalue weighted by atomic mass is 19.4. The molecule has 6 heteroatoms. The van der Waals surface area contributed by atoms with Gasteiger partial charge in [0.15, 0.2) is 5.78 Å². The first kappa shape index (κ1) is 15.8. The minimum atomic E-state index is -4.87. The second-order valence-corrected chi connectivity index (χ2v) is 5.32. The Hall–Kier alpha value is -1.56. The van der Waals surface area contributed by atoms with Gasteiger partial charge in [-0.25, -0.2) is 0 Å². The normalized spacial score (nSPS) is 18.9. The molecule has 1 fully saturated rings. The van der Waals surface area contributed by atoms with E-state index in [1.807, 2.05) is 0 Å². The first-order valence-electron chi connectivity index (χ1n) is 6.94. The second kappa shape index (κ2) is 6.05. The van der Waals surface area contributed by atoms with Crippen LogP contribution in [0.3, 0.4) is 0 Å². The second-order valence-electron chi connectivity index (χ2n) is 5.32. The SMILES string of the molecule is O=C(c1ccccc1OC(F)(F)F)C1(O)CCCCCC1. The van der Waals surface area contributed by atoms with E-state index in [0.29, 0.717) is 12.8 Å². The molecule has 0 aliphatic heterocycles. The molecule has 0 bridgehead atoms. The van der Waals surface area contributed by atoms with Crippen LogP contribution in [0.15, 0.2) is 24.3 Å². The average Bonchev–Trinajstić information content (AvgIpc) is 2.63. The van der Waals surface area contributed by atoms with E-state index in [9.17, 15) is 23.1 Å². The van der Waals surface area contributed by atoms with Gasteiger partial charge in [0.2, 0.25) is 0 Å². The minimum absolute atomic E-state index is 0.223. The van der Waals surface area contributed by atoms with Crippen LogP contribution in [0.2, 0.25) is 0 Å². The molecule has 1 N–H and O–H groups in total. The Morgan fingerprint density at radius 2 is 1.67 bits per heavy atom. The number of alkyl halides is 3. The third-order valence-corrected chi connectivity index (χ3v) is 3.71. The van der Waals surface area contributed by atoms with Gasteiger partial charge >= 0.3 is 6.36 Å². The molecule has 21 heavy (non-hydrogen) atoms. The number of benzene rings is 1. The lowest BCUT2D eigenvalue weighted by atomic mass is 9.86. The molecule has 1 aromatic rings. The van der Waals surface area contributed by atoms with Crippen molar-refractivity contribution in [1.29, 1.82) is 0 Å². The maximum absolute atomic E-state index is 12.5. The van der Waals surface area contributed by atoms with Crippen LogP contribution in [0.5, 0.6) is 5.75 Å². The number of para-hydroxylation sites is 1. The van der Waals surface area contributed by atoms with E-state index in [-0.39, 0.29) is 18.4 Å². The van der Waals surface area contributed by atoms with Crippen LogP contribution in [0.1, 0.15) is 48.9 Å². The summed E-state index contributed by atoms with van der Waals surface area (Å²) in [4.78, 5) is 12.5. The monoisotopic (exact) mass is 302 g/mol. The van der Waals surface area contributed by atoms with Crippen molar-refractivity contribution in [3.63, 3.8) is 0 Å². The molecule has 1 aromatic carbocycles. The van der Waals surface area contributed by atoms with E-state index < -0.39 is 23.5 Å². The van der Waals surface area contributed by atoms with Gasteiger partial charge in [-0.2, -0.15) is 0 Å². The minimum Gasteiger partial charge on any atom is -0.405 e. The summed E-state index contributed by atoms with van der Waals surface area (Å²) in [7, 11) is 0. The molecule has 2 rings (SSSR count).